The van der Waals surface area contributed by atoms with E-state index in [4.69, 9.17) is 10.5 Å². The molecule has 0 spiro atoms. The zero-order chi connectivity index (χ0) is 19.1. The molecule has 2 aromatic rings. The lowest BCUT2D eigenvalue weighted by Crippen LogP contribution is -2.45. The Morgan fingerprint density at radius 1 is 1.12 bits per heavy atom. The molecule has 0 aliphatic heterocycles. The number of methoxy groups -OCH3 is 1. The smallest absolute Gasteiger partial charge is 0.252 e. The number of benzene rings is 2. The summed E-state index contributed by atoms with van der Waals surface area (Å²) in [5.74, 6) is -0.743. The van der Waals surface area contributed by atoms with Crippen molar-refractivity contribution in [2.45, 2.75) is 19.4 Å². The number of para-hydroxylation sites is 1. The molecule has 26 heavy (non-hydrogen) atoms. The molecule has 0 fully saturated rings. The molecule has 1 atom stereocenters. The van der Waals surface area contributed by atoms with Gasteiger partial charge in [0.05, 0.1) is 7.11 Å². The molecule has 0 radical (unpaired) electrons. The molecule has 0 aliphatic rings. The fraction of sp³-hybridized carbons (Fsp3) is 0.211. The van der Waals surface area contributed by atoms with E-state index in [0.717, 1.165) is 5.56 Å². The Morgan fingerprint density at radius 2 is 1.85 bits per heavy atom. The lowest BCUT2D eigenvalue weighted by Gasteiger charge is -2.17. The summed E-state index contributed by atoms with van der Waals surface area (Å²) in [7, 11) is 1.53. The van der Waals surface area contributed by atoms with E-state index in [1.165, 1.54) is 20.1 Å². The summed E-state index contributed by atoms with van der Waals surface area (Å²) in [6.07, 6.45) is 0.205. The third kappa shape index (κ3) is 5.07. The van der Waals surface area contributed by atoms with E-state index in [-0.39, 0.29) is 12.3 Å². The average molecular weight is 355 g/mol. The third-order valence-electron chi connectivity index (χ3n) is 3.71. The second-order valence-electron chi connectivity index (χ2n) is 5.71. The summed E-state index contributed by atoms with van der Waals surface area (Å²) < 4.78 is 5.26. The topological polar surface area (TPSA) is 111 Å². The van der Waals surface area contributed by atoms with Gasteiger partial charge in [-0.15, -0.1) is 0 Å². The van der Waals surface area contributed by atoms with Crippen LogP contribution in [0.3, 0.4) is 0 Å². The Kier molecular flexibility index (Phi) is 6.32. The molecule has 0 aromatic heterocycles. The zero-order valence-corrected chi connectivity index (χ0v) is 14.6. The van der Waals surface area contributed by atoms with E-state index in [1.54, 1.807) is 30.3 Å². The fourth-order valence-corrected chi connectivity index (χ4v) is 2.50. The first kappa shape index (κ1) is 19.0. The van der Waals surface area contributed by atoms with Gasteiger partial charge in [0.1, 0.15) is 11.8 Å². The highest BCUT2D eigenvalue weighted by atomic mass is 16.5. The first-order valence-corrected chi connectivity index (χ1v) is 8.00. The van der Waals surface area contributed by atoms with Crippen LogP contribution in [-0.4, -0.2) is 30.9 Å². The van der Waals surface area contributed by atoms with E-state index >= 15 is 0 Å². The van der Waals surface area contributed by atoms with Crippen LogP contribution in [0.4, 0.5) is 5.69 Å². The second-order valence-corrected chi connectivity index (χ2v) is 5.71. The van der Waals surface area contributed by atoms with Gasteiger partial charge in [0.25, 0.3) is 5.91 Å². The predicted molar refractivity (Wildman–Crippen MR) is 97.9 cm³/mol. The minimum absolute atomic E-state index is 0.205. The number of rotatable bonds is 7. The monoisotopic (exact) mass is 355 g/mol. The largest absolute Gasteiger partial charge is 0.496 e. The van der Waals surface area contributed by atoms with Crippen LogP contribution >= 0.6 is 0 Å². The van der Waals surface area contributed by atoms with Gasteiger partial charge in [-0.05, 0) is 29.8 Å². The molecule has 0 unspecified atom stereocenters. The van der Waals surface area contributed by atoms with Gasteiger partial charge in [-0.2, -0.15) is 0 Å². The lowest BCUT2D eigenvalue weighted by atomic mass is 10.0. The standard InChI is InChI=1S/C19H21N3O4/c1-12(23)21-15-8-5-7-14(10-15)19(25)22-16(18(20)24)11-13-6-3-4-9-17(13)26-2/h3-10,16H,11H2,1-2H3,(H2,20,24)(H,21,23)(H,22,25)/t16-/m1/s1. The summed E-state index contributed by atoms with van der Waals surface area (Å²) in [6, 6.07) is 12.7. The Labute approximate surface area is 151 Å². The number of hydrogen-bond donors (Lipinski definition) is 3. The van der Waals surface area contributed by atoms with Crippen molar-refractivity contribution in [3.8, 4) is 5.75 Å². The SMILES string of the molecule is COc1ccccc1C[C@@H](NC(=O)c1cccc(NC(C)=O)c1)C(N)=O. The van der Waals surface area contributed by atoms with Crippen LogP contribution in [0.2, 0.25) is 0 Å². The number of carbonyl (C=O) groups excluding carboxylic acids is 3. The molecule has 0 saturated carbocycles. The van der Waals surface area contributed by atoms with Gasteiger partial charge in [0.2, 0.25) is 11.8 Å². The minimum atomic E-state index is -0.900. The van der Waals surface area contributed by atoms with Gasteiger partial charge in [-0.3, -0.25) is 14.4 Å². The Hall–Kier alpha value is -3.35. The maximum Gasteiger partial charge on any atom is 0.252 e. The normalized spacial score (nSPS) is 11.3. The molecule has 4 N–H and O–H groups in total. The van der Waals surface area contributed by atoms with E-state index in [0.29, 0.717) is 17.0 Å². The van der Waals surface area contributed by atoms with Crippen molar-refractivity contribution in [3.05, 3.63) is 59.7 Å². The van der Waals surface area contributed by atoms with Crippen molar-refractivity contribution in [2.24, 2.45) is 5.73 Å². The maximum atomic E-state index is 12.5. The Morgan fingerprint density at radius 3 is 2.50 bits per heavy atom. The summed E-state index contributed by atoms with van der Waals surface area (Å²) >= 11 is 0. The van der Waals surface area contributed by atoms with E-state index in [1.807, 2.05) is 12.1 Å². The Bertz CT molecular complexity index is 820. The second kappa shape index (κ2) is 8.66. The summed E-state index contributed by atoms with van der Waals surface area (Å²) in [5, 5.41) is 5.24. The molecule has 2 aromatic carbocycles. The van der Waals surface area contributed by atoms with Gasteiger partial charge in [-0.25, -0.2) is 0 Å². The summed E-state index contributed by atoms with van der Waals surface area (Å²) in [6.45, 7) is 1.38. The van der Waals surface area contributed by atoms with Crippen molar-refractivity contribution < 1.29 is 19.1 Å². The third-order valence-corrected chi connectivity index (χ3v) is 3.71. The zero-order valence-electron chi connectivity index (χ0n) is 14.6. The highest BCUT2D eigenvalue weighted by Gasteiger charge is 2.21. The molecule has 0 aliphatic carbocycles. The van der Waals surface area contributed by atoms with Gasteiger partial charge in [0, 0.05) is 24.6 Å². The molecule has 7 heteroatoms. The number of primary amides is 1. The number of carbonyl (C=O) groups is 3. The highest BCUT2D eigenvalue weighted by Crippen LogP contribution is 2.19. The van der Waals surface area contributed by atoms with Gasteiger partial charge in [0.15, 0.2) is 0 Å². The molecular formula is C19H21N3O4. The van der Waals surface area contributed by atoms with E-state index in [2.05, 4.69) is 10.6 Å². The van der Waals surface area contributed by atoms with Crippen LogP contribution in [-0.2, 0) is 16.0 Å². The van der Waals surface area contributed by atoms with Crippen molar-refractivity contribution in [2.75, 3.05) is 12.4 Å². The van der Waals surface area contributed by atoms with Crippen molar-refractivity contribution in [1.82, 2.24) is 5.32 Å². The van der Waals surface area contributed by atoms with Gasteiger partial charge >= 0.3 is 0 Å². The van der Waals surface area contributed by atoms with Gasteiger partial charge < -0.3 is 21.1 Å². The molecule has 3 amide bonds. The molecule has 0 bridgehead atoms. The highest BCUT2D eigenvalue weighted by molar-refractivity contribution is 5.99. The quantitative estimate of drug-likeness (QED) is 0.698. The number of ether oxygens (including phenoxy) is 1. The Balaban J connectivity index is 2.16. The van der Waals surface area contributed by atoms with Crippen LogP contribution in [0.25, 0.3) is 0 Å². The van der Waals surface area contributed by atoms with Crippen LogP contribution in [0.5, 0.6) is 5.75 Å². The van der Waals surface area contributed by atoms with Crippen molar-refractivity contribution >= 4 is 23.4 Å². The molecule has 0 heterocycles. The first-order valence-electron chi connectivity index (χ1n) is 8.00. The van der Waals surface area contributed by atoms with Crippen molar-refractivity contribution in [3.63, 3.8) is 0 Å². The van der Waals surface area contributed by atoms with E-state index < -0.39 is 17.9 Å². The number of nitrogens with one attached hydrogen (secondary N) is 2. The maximum absolute atomic E-state index is 12.5. The summed E-state index contributed by atoms with van der Waals surface area (Å²) in [5.41, 5.74) is 7.00. The number of nitrogens with two attached hydrogens (primary N) is 1. The van der Waals surface area contributed by atoms with E-state index in [9.17, 15) is 14.4 Å². The first-order chi connectivity index (χ1) is 12.4. The van der Waals surface area contributed by atoms with Crippen LogP contribution in [0.15, 0.2) is 48.5 Å². The predicted octanol–water partition coefficient (Wildman–Crippen LogP) is 1.48. The molecular weight excluding hydrogens is 334 g/mol. The summed E-state index contributed by atoms with van der Waals surface area (Å²) in [4.78, 5) is 35.4. The molecule has 2 rings (SSSR count). The van der Waals surface area contributed by atoms with Gasteiger partial charge in [-0.1, -0.05) is 24.3 Å². The number of hydrogen-bond acceptors (Lipinski definition) is 4. The lowest BCUT2D eigenvalue weighted by molar-refractivity contribution is -0.119. The number of anilines is 1. The van der Waals surface area contributed by atoms with Crippen LogP contribution in [0, 0.1) is 0 Å². The molecule has 7 nitrogen and oxygen atoms in total. The molecule has 136 valence electrons. The fourth-order valence-electron chi connectivity index (χ4n) is 2.50. The minimum Gasteiger partial charge on any atom is -0.496 e. The van der Waals surface area contributed by atoms with Crippen LogP contribution < -0.4 is 21.1 Å². The molecule has 0 saturated heterocycles. The number of amides is 3. The van der Waals surface area contributed by atoms with Crippen LogP contribution in [0.1, 0.15) is 22.8 Å². The van der Waals surface area contributed by atoms with Crippen molar-refractivity contribution in [1.29, 1.82) is 0 Å². The average Bonchev–Trinajstić information content (AvgIpc) is 2.61.